The largest absolute Gasteiger partial charge is 0.390 e. The summed E-state index contributed by atoms with van der Waals surface area (Å²) in [6.45, 7) is 0. The Balaban J connectivity index is 2.40. The van der Waals surface area contributed by atoms with Crippen molar-refractivity contribution in [3.05, 3.63) is 35.4 Å². The molecule has 2 heteroatoms. The van der Waals surface area contributed by atoms with Crippen LogP contribution in [0.4, 0.5) is 0 Å². The van der Waals surface area contributed by atoms with Crippen LogP contribution in [-0.2, 0) is 6.42 Å². The number of hydrogen-bond acceptors (Lipinski definition) is 2. The number of aliphatic hydroxyl groups excluding tert-OH is 2. The molecule has 2 unspecified atom stereocenters. The van der Waals surface area contributed by atoms with Crippen molar-refractivity contribution in [2.75, 3.05) is 0 Å². The first-order valence-corrected chi connectivity index (χ1v) is 4.73. The van der Waals surface area contributed by atoms with E-state index >= 15 is 0 Å². The summed E-state index contributed by atoms with van der Waals surface area (Å²) >= 11 is 0. The summed E-state index contributed by atoms with van der Waals surface area (Å²) in [4.78, 5) is 0. The van der Waals surface area contributed by atoms with E-state index in [9.17, 15) is 10.2 Å². The van der Waals surface area contributed by atoms with E-state index in [2.05, 4.69) is 0 Å². The predicted molar refractivity (Wildman–Crippen MR) is 50.3 cm³/mol. The maximum absolute atomic E-state index is 9.76. The average molecular weight is 178 g/mol. The summed E-state index contributed by atoms with van der Waals surface area (Å²) < 4.78 is 0. The van der Waals surface area contributed by atoms with Crippen molar-refractivity contribution >= 4 is 0 Å². The molecule has 70 valence electrons. The van der Waals surface area contributed by atoms with Crippen LogP contribution < -0.4 is 0 Å². The van der Waals surface area contributed by atoms with Gasteiger partial charge >= 0.3 is 0 Å². The highest BCUT2D eigenvalue weighted by atomic mass is 16.3. The van der Waals surface area contributed by atoms with Gasteiger partial charge in [0.15, 0.2) is 0 Å². The molecular formula is C11H14O2. The minimum atomic E-state index is -0.696. The van der Waals surface area contributed by atoms with Crippen molar-refractivity contribution in [2.24, 2.45) is 0 Å². The molecule has 2 rings (SSSR count). The van der Waals surface area contributed by atoms with Crippen molar-refractivity contribution in [1.29, 1.82) is 0 Å². The molecule has 0 saturated carbocycles. The lowest BCUT2D eigenvalue weighted by molar-refractivity contribution is 0.0153. The third-order valence-electron chi connectivity index (χ3n) is 2.68. The fourth-order valence-electron chi connectivity index (χ4n) is 1.92. The van der Waals surface area contributed by atoms with Crippen LogP contribution in [0.15, 0.2) is 24.3 Å². The number of aryl methyl sites for hydroxylation is 1. The second-order valence-electron chi connectivity index (χ2n) is 3.60. The van der Waals surface area contributed by atoms with Crippen LogP contribution in [0.5, 0.6) is 0 Å². The molecule has 0 heterocycles. The van der Waals surface area contributed by atoms with Crippen LogP contribution >= 0.6 is 0 Å². The van der Waals surface area contributed by atoms with Crippen molar-refractivity contribution in [3.63, 3.8) is 0 Å². The van der Waals surface area contributed by atoms with E-state index in [4.69, 9.17) is 0 Å². The lowest BCUT2D eigenvalue weighted by Crippen LogP contribution is -2.16. The molecule has 0 aromatic heterocycles. The molecule has 13 heavy (non-hydrogen) atoms. The van der Waals surface area contributed by atoms with Gasteiger partial charge in [0.1, 0.15) is 6.10 Å². The topological polar surface area (TPSA) is 40.5 Å². The van der Waals surface area contributed by atoms with Crippen LogP contribution in [0, 0.1) is 0 Å². The van der Waals surface area contributed by atoms with Crippen LogP contribution in [0.2, 0.25) is 0 Å². The molecule has 2 N–H and O–H groups in total. The Hall–Kier alpha value is -0.860. The van der Waals surface area contributed by atoms with E-state index in [0.717, 1.165) is 18.4 Å². The lowest BCUT2D eigenvalue weighted by atomic mass is 10.0. The van der Waals surface area contributed by atoms with Crippen LogP contribution in [0.1, 0.15) is 30.1 Å². The molecule has 0 spiro atoms. The maximum atomic E-state index is 9.76. The molecule has 0 aliphatic heterocycles. The Labute approximate surface area is 77.8 Å². The normalized spacial score (nSPS) is 27.8. The highest BCUT2D eigenvalue weighted by molar-refractivity contribution is 5.30. The zero-order chi connectivity index (χ0) is 9.26. The van der Waals surface area contributed by atoms with Gasteiger partial charge in [-0.15, -0.1) is 0 Å². The van der Waals surface area contributed by atoms with Gasteiger partial charge in [0.05, 0.1) is 6.10 Å². The molecule has 2 atom stereocenters. The Morgan fingerprint density at radius 1 is 1.15 bits per heavy atom. The molecule has 0 fully saturated rings. The first-order valence-electron chi connectivity index (χ1n) is 4.73. The quantitative estimate of drug-likeness (QED) is 0.590. The van der Waals surface area contributed by atoms with E-state index in [1.54, 1.807) is 0 Å². The van der Waals surface area contributed by atoms with Crippen molar-refractivity contribution in [3.8, 4) is 0 Å². The van der Waals surface area contributed by atoms with Crippen LogP contribution in [0.25, 0.3) is 0 Å². The van der Waals surface area contributed by atoms with E-state index in [-0.39, 0.29) is 0 Å². The zero-order valence-corrected chi connectivity index (χ0v) is 7.48. The monoisotopic (exact) mass is 178 g/mol. The van der Waals surface area contributed by atoms with Gasteiger partial charge in [0.25, 0.3) is 0 Å². The molecule has 1 aromatic carbocycles. The molecule has 1 aliphatic rings. The molecule has 0 bridgehead atoms. The number of rotatable bonds is 0. The zero-order valence-electron chi connectivity index (χ0n) is 7.48. The van der Waals surface area contributed by atoms with E-state index in [1.807, 2.05) is 24.3 Å². The predicted octanol–water partition coefficient (Wildman–Crippen LogP) is 1.42. The third-order valence-corrected chi connectivity index (χ3v) is 2.68. The molecule has 0 saturated heterocycles. The molecule has 0 radical (unpaired) electrons. The molecule has 1 aromatic rings. The third kappa shape index (κ3) is 1.60. The van der Waals surface area contributed by atoms with E-state index in [0.29, 0.717) is 6.42 Å². The Bertz CT molecular complexity index is 296. The summed E-state index contributed by atoms with van der Waals surface area (Å²) in [5, 5.41) is 19.3. The Morgan fingerprint density at radius 3 is 2.77 bits per heavy atom. The van der Waals surface area contributed by atoms with Crippen LogP contribution in [0.3, 0.4) is 0 Å². The number of fused-ring (bicyclic) bond motifs is 1. The number of aliphatic hydroxyl groups is 2. The first-order chi connectivity index (χ1) is 6.29. The van der Waals surface area contributed by atoms with Crippen molar-refractivity contribution in [2.45, 2.75) is 31.5 Å². The van der Waals surface area contributed by atoms with E-state index in [1.165, 1.54) is 5.56 Å². The van der Waals surface area contributed by atoms with Gasteiger partial charge in [-0.05, 0) is 30.4 Å². The highest BCUT2D eigenvalue weighted by Gasteiger charge is 2.23. The maximum Gasteiger partial charge on any atom is 0.105 e. The Kier molecular flexibility index (Phi) is 2.34. The lowest BCUT2D eigenvalue weighted by Gasteiger charge is -2.16. The molecule has 0 amide bonds. The SMILES string of the molecule is OC1CCCc2ccccc2C1O. The highest BCUT2D eigenvalue weighted by Crippen LogP contribution is 2.28. The van der Waals surface area contributed by atoms with Crippen molar-refractivity contribution < 1.29 is 10.2 Å². The molecule has 2 nitrogen and oxygen atoms in total. The summed E-state index contributed by atoms with van der Waals surface area (Å²) in [6.07, 6.45) is 1.32. The second-order valence-corrected chi connectivity index (χ2v) is 3.60. The summed E-state index contributed by atoms with van der Waals surface area (Å²) in [7, 11) is 0. The number of benzene rings is 1. The average Bonchev–Trinajstić information content (AvgIpc) is 2.29. The van der Waals surface area contributed by atoms with Gasteiger partial charge in [0, 0.05) is 0 Å². The van der Waals surface area contributed by atoms with Crippen LogP contribution in [-0.4, -0.2) is 16.3 Å². The number of hydrogen-bond donors (Lipinski definition) is 2. The van der Waals surface area contributed by atoms with Crippen molar-refractivity contribution in [1.82, 2.24) is 0 Å². The fourth-order valence-corrected chi connectivity index (χ4v) is 1.92. The fraction of sp³-hybridized carbons (Fsp3) is 0.455. The van der Waals surface area contributed by atoms with Gasteiger partial charge in [-0.3, -0.25) is 0 Å². The summed E-state index contributed by atoms with van der Waals surface area (Å²) in [5.74, 6) is 0. The van der Waals surface area contributed by atoms with Gasteiger partial charge < -0.3 is 10.2 Å². The second kappa shape index (κ2) is 3.48. The first kappa shape index (κ1) is 8.73. The molecule has 1 aliphatic carbocycles. The standard InChI is InChI=1S/C11H14O2/c12-10-7-3-5-8-4-1-2-6-9(8)11(10)13/h1-2,4,6,10-13H,3,5,7H2. The smallest absolute Gasteiger partial charge is 0.105 e. The van der Waals surface area contributed by atoms with E-state index < -0.39 is 12.2 Å². The molecular weight excluding hydrogens is 164 g/mol. The summed E-state index contributed by atoms with van der Waals surface area (Å²) in [5.41, 5.74) is 2.07. The van der Waals surface area contributed by atoms with Gasteiger partial charge in [-0.1, -0.05) is 24.3 Å². The van der Waals surface area contributed by atoms with Gasteiger partial charge in [-0.25, -0.2) is 0 Å². The minimum Gasteiger partial charge on any atom is -0.390 e. The Morgan fingerprint density at radius 2 is 1.92 bits per heavy atom. The van der Waals surface area contributed by atoms with Gasteiger partial charge in [-0.2, -0.15) is 0 Å². The van der Waals surface area contributed by atoms with Gasteiger partial charge in [0.2, 0.25) is 0 Å². The summed E-state index contributed by atoms with van der Waals surface area (Å²) in [6, 6.07) is 7.80. The minimum absolute atomic E-state index is 0.594.